The van der Waals surface area contributed by atoms with Crippen molar-refractivity contribution in [3.05, 3.63) is 75.7 Å². The molecule has 0 unspecified atom stereocenters. The number of amides is 1. The van der Waals surface area contributed by atoms with Gasteiger partial charge in [-0.15, -0.1) is 0 Å². The normalized spacial score (nSPS) is 11.1. The minimum Gasteiger partial charge on any atom is -0.267 e. The fraction of sp³-hybridized carbons (Fsp3) is 0.158. The summed E-state index contributed by atoms with van der Waals surface area (Å²) >= 11 is 0. The van der Waals surface area contributed by atoms with E-state index in [1.165, 1.54) is 4.68 Å². The molecule has 1 heterocycles. The number of nitrogens with one attached hydrogen (secondary N) is 1. The third-order valence-corrected chi connectivity index (χ3v) is 3.94. The number of carbonyl (C=O) groups is 1. The van der Waals surface area contributed by atoms with Crippen LogP contribution in [0.4, 0.5) is 0 Å². The van der Waals surface area contributed by atoms with Gasteiger partial charge in [0.25, 0.3) is 11.5 Å². The maximum Gasteiger partial charge on any atom is 0.292 e. The Morgan fingerprint density at radius 2 is 1.84 bits per heavy atom. The van der Waals surface area contributed by atoms with Gasteiger partial charge in [-0.25, -0.2) is 10.1 Å². The second kappa shape index (κ2) is 7.09. The molecule has 0 saturated heterocycles. The SMILES string of the molecule is CCn1nc(C(=O)N/N=C/c2ccccc2C)c2ccccc2c1=O. The van der Waals surface area contributed by atoms with Crippen LogP contribution >= 0.6 is 0 Å². The molecule has 0 fully saturated rings. The summed E-state index contributed by atoms with van der Waals surface area (Å²) in [5, 5.41) is 9.17. The van der Waals surface area contributed by atoms with Crippen LogP contribution < -0.4 is 11.0 Å². The zero-order valence-electron chi connectivity index (χ0n) is 14.1. The minimum absolute atomic E-state index is 0.180. The van der Waals surface area contributed by atoms with Crippen LogP contribution in [-0.2, 0) is 6.54 Å². The van der Waals surface area contributed by atoms with E-state index in [1.807, 2.05) is 31.2 Å². The van der Waals surface area contributed by atoms with Crippen molar-refractivity contribution in [3.63, 3.8) is 0 Å². The predicted molar refractivity (Wildman–Crippen MR) is 97.9 cm³/mol. The number of aromatic nitrogens is 2. The van der Waals surface area contributed by atoms with Gasteiger partial charge in [-0.05, 0) is 31.0 Å². The lowest BCUT2D eigenvalue weighted by Gasteiger charge is -2.08. The Hall–Kier alpha value is -3.28. The molecule has 1 N–H and O–H groups in total. The van der Waals surface area contributed by atoms with Crippen molar-refractivity contribution in [2.75, 3.05) is 0 Å². The molecule has 0 atom stereocenters. The highest BCUT2D eigenvalue weighted by molar-refractivity contribution is 6.05. The Kier molecular flexibility index (Phi) is 4.70. The van der Waals surface area contributed by atoms with Gasteiger partial charge in [0.05, 0.1) is 11.6 Å². The number of hydrogen-bond acceptors (Lipinski definition) is 4. The molecule has 0 aliphatic rings. The van der Waals surface area contributed by atoms with Gasteiger partial charge in [0, 0.05) is 11.9 Å². The van der Waals surface area contributed by atoms with E-state index < -0.39 is 5.91 Å². The molecule has 126 valence electrons. The Labute approximate surface area is 144 Å². The Morgan fingerprint density at radius 1 is 1.16 bits per heavy atom. The van der Waals surface area contributed by atoms with Crippen molar-refractivity contribution in [1.29, 1.82) is 0 Å². The largest absolute Gasteiger partial charge is 0.292 e. The number of aryl methyl sites for hydroxylation is 2. The quantitative estimate of drug-likeness (QED) is 0.588. The van der Waals surface area contributed by atoms with Gasteiger partial charge in [-0.2, -0.15) is 10.2 Å². The van der Waals surface area contributed by atoms with E-state index in [0.717, 1.165) is 11.1 Å². The fourth-order valence-corrected chi connectivity index (χ4v) is 2.56. The minimum atomic E-state index is -0.455. The molecule has 0 bridgehead atoms. The smallest absolute Gasteiger partial charge is 0.267 e. The van der Waals surface area contributed by atoms with E-state index in [1.54, 1.807) is 37.4 Å². The zero-order valence-corrected chi connectivity index (χ0v) is 14.1. The van der Waals surface area contributed by atoms with Gasteiger partial charge in [-0.1, -0.05) is 42.5 Å². The standard InChI is InChI=1S/C19H18N4O2/c1-3-23-19(25)16-11-7-6-10-15(16)17(22-23)18(24)21-20-12-14-9-5-4-8-13(14)2/h4-12H,3H2,1-2H3,(H,21,24)/b20-12+. The lowest BCUT2D eigenvalue weighted by atomic mass is 10.1. The number of nitrogens with zero attached hydrogens (tertiary/aromatic N) is 3. The number of fused-ring (bicyclic) bond motifs is 1. The second-order valence-electron chi connectivity index (χ2n) is 5.57. The van der Waals surface area contributed by atoms with Gasteiger partial charge in [0.1, 0.15) is 0 Å². The maximum atomic E-state index is 12.5. The highest BCUT2D eigenvalue weighted by Crippen LogP contribution is 2.13. The summed E-state index contributed by atoms with van der Waals surface area (Å²) in [6, 6.07) is 14.7. The Balaban J connectivity index is 1.94. The van der Waals surface area contributed by atoms with E-state index in [4.69, 9.17) is 0 Å². The first-order chi connectivity index (χ1) is 12.1. The molecule has 1 amide bonds. The van der Waals surface area contributed by atoms with E-state index in [9.17, 15) is 9.59 Å². The first-order valence-electron chi connectivity index (χ1n) is 8.00. The third kappa shape index (κ3) is 3.33. The number of hydrogen-bond donors (Lipinski definition) is 1. The first kappa shape index (κ1) is 16.6. The van der Waals surface area contributed by atoms with Crippen LogP contribution in [0.3, 0.4) is 0 Å². The summed E-state index contributed by atoms with van der Waals surface area (Å²) < 4.78 is 1.28. The van der Waals surface area contributed by atoms with Crippen molar-refractivity contribution in [2.45, 2.75) is 20.4 Å². The van der Waals surface area contributed by atoms with Crippen LogP contribution in [0.25, 0.3) is 10.8 Å². The molecule has 3 rings (SSSR count). The molecular formula is C19H18N4O2. The highest BCUT2D eigenvalue weighted by atomic mass is 16.2. The van der Waals surface area contributed by atoms with Crippen molar-refractivity contribution in [3.8, 4) is 0 Å². The summed E-state index contributed by atoms with van der Waals surface area (Å²) in [5.41, 5.74) is 4.43. The van der Waals surface area contributed by atoms with Crippen LogP contribution in [0, 0.1) is 6.92 Å². The Bertz CT molecular complexity index is 1020. The molecule has 3 aromatic rings. The molecule has 6 heteroatoms. The second-order valence-corrected chi connectivity index (χ2v) is 5.57. The molecule has 6 nitrogen and oxygen atoms in total. The number of hydrazone groups is 1. The number of rotatable bonds is 4. The maximum absolute atomic E-state index is 12.5. The van der Waals surface area contributed by atoms with Crippen LogP contribution in [0.2, 0.25) is 0 Å². The highest BCUT2D eigenvalue weighted by Gasteiger charge is 2.15. The molecule has 0 aliphatic heterocycles. The van der Waals surface area contributed by atoms with E-state index in [2.05, 4.69) is 15.6 Å². The summed E-state index contributed by atoms with van der Waals surface area (Å²) in [6.07, 6.45) is 1.59. The lowest BCUT2D eigenvalue weighted by molar-refractivity contribution is 0.0949. The van der Waals surface area contributed by atoms with Crippen LogP contribution in [0.5, 0.6) is 0 Å². The molecule has 25 heavy (non-hydrogen) atoms. The summed E-state index contributed by atoms with van der Waals surface area (Å²) in [5.74, 6) is -0.455. The molecule has 1 aromatic heterocycles. The number of carbonyl (C=O) groups excluding carboxylic acids is 1. The summed E-state index contributed by atoms with van der Waals surface area (Å²) in [7, 11) is 0. The van der Waals surface area contributed by atoms with Crippen molar-refractivity contribution in [1.82, 2.24) is 15.2 Å². The van der Waals surface area contributed by atoms with E-state index in [0.29, 0.717) is 17.3 Å². The average Bonchev–Trinajstić information content (AvgIpc) is 2.64. The van der Waals surface area contributed by atoms with E-state index in [-0.39, 0.29) is 11.3 Å². The zero-order chi connectivity index (χ0) is 17.8. The third-order valence-electron chi connectivity index (χ3n) is 3.94. The summed E-state index contributed by atoms with van der Waals surface area (Å²) in [6.45, 7) is 4.16. The van der Waals surface area contributed by atoms with Gasteiger partial charge in [0.15, 0.2) is 5.69 Å². The topological polar surface area (TPSA) is 76.3 Å². The van der Waals surface area contributed by atoms with Crippen LogP contribution in [-0.4, -0.2) is 21.9 Å². The van der Waals surface area contributed by atoms with E-state index >= 15 is 0 Å². The molecule has 0 spiro atoms. The predicted octanol–water partition coefficient (Wildman–Crippen LogP) is 2.49. The van der Waals surface area contributed by atoms with Crippen molar-refractivity contribution < 1.29 is 4.79 Å². The lowest BCUT2D eigenvalue weighted by Crippen LogP contribution is -2.28. The van der Waals surface area contributed by atoms with Crippen LogP contribution in [0.1, 0.15) is 28.5 Å². The first-order valence-corrected chi connectivity index (χ1v) is 8.00. The molecular weight excluding hydrogens is 316 g/mol. The van der Waals surface area contributed by atoms with Gasteiger partial charge in [0.2, 0.25) is 0 Å². The van der Waals surface area contributed by atoms with Gasteiger partial charge < -0.3 is 0 Å². The van der Waals surface area contributed by atoms with Crippen molar-refractivity contribution >= 4 is 22.9 Å². The average molecular weight is 334 g/mol. The number of benzene rings is 2. The Morgan fingerprint density at radius 3 is 2.56 bits per heavy atom. The van der Waals surface area contributed by atoms with Gasteiger partial charge >= 0.3 is 0 Å². The van der Waals surface area contributed by atoms with Gasteiger partial charge in [-0.3, -0.25) is 9.59 Å². The molecule has 0 radical (unpaired) electrons. The fourth-order valence-electron chi connectivity index (χ4n) is 2.56. The molecule has 0 saturated carbocycles. The molecule has 0 aliphatic carbocycles. The van der Waals surface area contributed by atoms with Crippen LogP contribution in [0.15, 0.2) is 58.4 Å². The van der Waals surface area contributed by atoms with Crippen molar-refractivity contribution in [2.24, 2.45) is 5.10 Å². The molecule has 2 aromatic carbocycles. The summed E-state index contributed by atoms with van der Waals surface area (Å²) in [4.78, 5) is 24.8. The monoisotopic (exact) mass is 334 g/mol.